The van der Waals surface area contributed by atoms with E-state index < -0.39 is 0 Å². The lowest BCUT2D eigenvalue weighted by Crippen LogP contribution is -2.35. The molecule has 27 heavy (non-hydrogen) atoms. The average Bonchev–Trinajstić information content (AvgIpc) is 3.01. The van der Waals surface area contributed by atoms with Gasteiger partial charge in [0.15, 0.2) is 0 Å². The van der Waals surface area contributed by atoms with Gasteiger partial charge in [0.25, 0.3) is 5.91 Å². The molecule has 2 aliphatic rings. The van der Waals surface area contributed by atoms with Gasteiger partial charge in [-0.05, 0) is 55.5 Å². The van der Waals surface area contributed by atoms with Gasteiger partial charge in [-0.2, -0.15) is 0 Å². The minimum atomic E-state index is 0.124. The first-order valence-corrected chi connectivity index (χ1v) is 9.93. The highest BCUT2D eigenvalue weighted by Crippen LogP contribution is 2.24. The molecule has 1 aromatic carbocycles. The van der Waals surface area contributed by atoms with Gasteiger partial charge in [0.1, 0.15) is 0 Å². The van der Waals surface area contributed by atoms with Crippen molar-refractivity contribution in [3.8, 4) is 0 Å². The molecule has 1 N–H and O–H groups in total. The number of hydrogen-bond donors (Lipinski definition) is 1. The van der Waals surface area contributed by atoms with E-state index in [9.17, 15) is 4.79 Å². The Morgan fingerprint density at radius 2 is 1.81 bits per heavy atom. The zero-order valence-corrected chi connectivity index (χ0v) is 15.7. The number of carbonyl (C=O) groups is 1. The summed E-state index contributed by atoms with van der Waals surface area (Å²) in [5.41, 5.74) is 2.12. The van der Waals surface area contributed by atoms with Gasteiger partial charge in [0.05, 0.1) is 0 Å². The Morgan fingerprint density at radius 1 is 1.00 bits per heavy atom. The maximum Gasteiger partial charge on any atom is 0.253 e. The van der Waals surface area contributed by atoms with Crippen molar-refractivity contribution in [2.75, 3.05) is 44.2 Å². The lowest BCUT2D eigenvalue weighted by Gasteiger charge is -2.24. The summed E-state index contributed by atoms with van der Waals surface area (Å²) in [5.74, 6) is 1.44. The molecule has 6 heteroatoms. The number of nitrogens with one attached hydrogen (secondary N) is 1. The number of anilines is 1. The summed E-state index contributed by atoms with van der Waals surface area (Å²) in [4.78, 5) is 25.7. The molecule has 2 saturated heterocycles. The molecular weight excluding hydrogens is 338 g/mol. The van der Waals surface area contributed by atoms with Gasteiger partial charge < -0.3 is 15.1 Å². The third kappa shape index (κ3) is 4.27. The number of nitrogens with zero attached hydrogens (tertiary/aromatic N) is 4. The van der Waals surface area contributed by atoms with Crippen LogP contribution < -0.4 is 10.2 Å². The Hall–Kier alpha value is -2.47. The summed E-state index contributed by atoms with van der Waals surface area (Å²) in [7, 11) is 0. The van der Waals surface area contributed by atoms with E-state index in [0.29, 0.717) is 12.5 Å². The standard InChI is InChI=1S/C21H27N5O/c27-20(18-7-5-17(6-8-18)19-4-1-9-22-16-19)25-12-3-13-26(15-14-25)21-23-10-2-11-24-21/h2,5-8,10-11,19,22H,1,3-4,9,12-16H2. The first-order valence-electron chi connectivity index (χ1n) is 9.93. The predicted octanol–water partition coefficient (Wildman–Crippen LogP) is 2.30. The van der Waals surface area contributed by atoms with Gasteiger partial charge in [-0.25, -0.2) is 9.97 Å². The Labute approximate surface area is 160 Å². The van der Waals surface area contributed by atoms with Crippen molar-refractivity contribution in [1.29, 1.82) is 0 Å². The fraction of sp³-hybridized carbons (Fsp3) is 0.476. The van der Waals surface area contributed by atoms with Gasteiger partial charge in [-0.1, -0.05) is 12.1 Å². The van der Waals surface area contributed by atoms with Crippen molar-refractivity contribution in [2.24, 2.45) is 0 Å². The van der Waals surface area contributed by atoms with Crippen LogP contribution in [0, 0.1) is 0 Å². The van der Waals surface area contributed by atoms with E-state index in [4.69, 9.17) is 0 Å². The first kappa shape index (κ1) is 17.9. The second-order valence-corrected chi connectivity index (χ2v) is 7.35. The molecule has 142 valence electrons. The van der Waals surface area contributed by atoms with E-state index in [0.717, 1.165) is 50.7 Å². The van der Waals surface area contributed by atoms with E-state index in [-0.39, 0.29) is 5.91 Å². The Balaban J connectivity index is 1.39. The van der Waals surface area contributed by atoms with Gasteiger partial charge in [0, 0.05) is 50.7 Å². The fourth-order valence-electron chi connectivity index (χ4n) is 3.99. The normalized spacial score (nSPS) is 21.0. The number of aromatic nitrogens is 2. The van der Waals surface area contributed by atoms with E-state index in [1.165, 1.54) is 18.4 Å². The van der Waals surface area contributed by atoms with Crippen molar-refractivity contribution in [1.82, 2.24) is 20.2 Å². The largest absolute Gasteiger partial charge is 0.339 e. The minimum absolute atomic E-state index is 0.124. The van der Waals surface area contributed by atoms with Crippen molar-refractivity contribution >= 4 is 11.9 Å². The van der Waals surface area contributed by atoms with Crippen molar-refractivity contribution in [2.45, 2.75) is 25.2 Å². The zero-order chi connectivity index (χ0) is 18.5. The molecule has 1 aromatic heterocycles. The summed E-state index contributed by atoms with van der Waals surface area (Å²) in [6, 6.07) is 10.1. The summed E-state index contributed by atoms with van der Waals surface area (Å²) in [5, 5.41) is 3.46. The van der Waals surface area contributed by atoms with Crippen LogP contribution in [0.3, 0.4) is 0 Å². The summed E-state index contributed by atoms with van der Waals surface area (Å²) in [6.45, 7) is 5.27. The minimum Gasteiger partial charge on any atom is -0.339 e. The van der Waals surface area contributed by atoms with Gasteiger partial charge in [0.2, 0.25) is 5.95 Å². The highest BCUT2D eigenvalue weighted by atomic mass is 16.2. The lowest BCUT2D eigenvalue weighted by molar-refractivity contribution is 0.0767. The summed E-state index contributed by atoms with van der Waals surface area (Å²) < 4.78 is 0. The van der Waals surface area contributed by atoms with Crippen LogP contribution in [0.15, 0.2) is 42.7 Å². The Morgan fingerprint density at radius 3 is 2.56 bits per heavy atom. The maximum absolute atomic E-state index is 12.9. The second-order valence-electron chi connectivity index (χ2n) is 7.35. The van der Waals surface area contributed by atoms with Gasteiger partial charge >= 0.3 is 0 Å². The zero-order valence-electron chi connectivity index (χ0n) is 15.7. The maximum atomic E-state index is 12.9. The molecule has 0 saturated carbocycles. The smallest absolute Gasteiger partial charge is 0.253 e. The SMILES string of the molecule is O=C(c1ccc(C2CCCNC2)cc1)N1CCCN(c2ncccn2)CC1. The Bertz CT molecular complexity index is 743. The molecule has 0 bridgehead atoms. The molecule has 0 aliphatic carbocycles. The number of carbonyl (C=O) groups excluding carboxylic acids is 1. The monoisotopic (exact) mass is 365 g/mol. The van der Waals surface area contributed by atoms with E-state index in [1.807, 2.05) is 23.1 Å². The first-order chi connectivity index (χ1) is 13.3. The number of piperidine rings is 1. The predicted molar refractivity (Wildman–Crippen MR) is 106 cm³/mol. The van der Waals surface area contributed by atoms with E-state index >= 15 is 0 Å². The molecule has 2 aromatic rings. The van der Waals surface area contributed by atoms with E-state index in [1.54, 1.807) is 12.4 Å². The lowest BCUT2D eigenvalue weighted by atomic mass is 9.91. The molecule has 0 radical (unpaired) electrons. The van der Waals surface area contributed by atoms with Crippen LogP contribution in [0.25, 0.3) is 0 Å². The van der Waals surface area contributed by atoms with Crippen LogP contribution >= 0.6 is 0 Å². The number of amides is 1. The van der Waals surface area contributed by atoms with Gasteiger partial charge in [-0.3, -0.25) is 4.79 Å². The molecule has 6 nitrogen and oxygen atoms in total. The van der Waals surface area contributed by atoms with E-state index in [2.05, 4.69) is 32.3 Å². The third-order valence-electron chi connectivity index (χ3n) is 5.54. The van der Waals surface area contributed by atoms with Gasteiger partial charge in [-0.15, -0.1) is 0 Å². The van der Waals surface area contributed by atoms with Crippen molar-refractivity contribution in [3.05, 3.63) is 53.9 Å². The van der Waals surface area contributed by atoms with Crippen LogP contribution in [-0.2, 0) is 0 Å². The number of rotatable bonds is 3. The topological polar surface area (TPSA) is 61.4 Å². The quantitative estimate of drug-likeness (QED) is 0.904. The fourth-order valence-corrected chi connectivity index (χ4v) is 3.99. The molecule has 1 amide bonds. The molecule has 4 rings (SSSR count). The average molecular weight is 365 g/mol. The number of benzene rings is 1. The van der Waals surface area contributed by atoms with Crippen LogP contribution in [-0.4, -0.2) is 60.0 Å². The second kappa shape index (κ2) is 8.48. The van der Waals surface area contributed by atoms with Crippen LogP contribution in [0.2, 0.25) is 0 Å². The third-order valence-corrected chi connectivity index (χ3v) is 5.54. The van der Waals surface area contributed by atoms with Crippen molar-refractivity contribution in [3.63, 3.8) is 0 Å². The molecule has 3 heterocycles. The Kier molecular flexibility index (Phi) is 5.63. The molecule has 2 aliphatic heterocycles. The summed E-state index contributed by atoms with van der Waals surface area (Å²) in [6.07, 6.45) is 6.90. The number of hydrogen-bond acceptors (Lipinski definition) is 5. The van der Waals surface area contributed by atoms with Crippen LogP contribution in [0.4, 0.5) is 5.95 Å². The molecule has 1 unspecified atom stereocenters. The highest BCUT2D eigenvalue weighted by molar-refractivity contribution is 5.94. The molecule has 2 fully saturated rings. The van der Waals surface area contributed by atoms with Crippen LogP contribution in [0.1, 0.15) is 41.1 Å². The van der Waals surface area contributed by atoms with Crippen LogP contribution in [0.5, 0.6) is 0 Å². The van der Waals surface area contributed by atoms with Crippen molar-refractivity contribution < 1.29 is 4.79 Å². The molecule has 1 atom stereocenters. The molecular formula is C21H27N5O. The highest BCUT2D eigenvalue weighted by Gasteiger charge is 2.22. The molecule has 0 spiro atoms. The summed E-state index contributed by atoms with van der Waals surface area (Å²) >= 11 is 0.